The molecular formula is C22H21BrN2O2. The van der Waals surface area contributed by atoms with Crippen LogP contribution in [0.4, 0.5) is 5.69 Å². The number of aromatic nitrogens is 1. The van der Waals surface area contributed by atoms with Crippen LogP contribution in [0.1, 0.15) is 16.8 Å². The normalized spacial score (nSPS) is 10.8. The van der Waals surface area contributed by atoms with Gasteiger partial charge in [0.1, 0.15) is 16.1 Å². The van der Waals surface area contributed by atoms with Crippen molar-refractivity contribution in [3.63, 3.8) is 0 Å². The SMILES string of the molecule is COc1cc(/C=C/c2ccc(NCc3cccc(Br)n3)cc2)cc(OC)c1. The summed E-state index contributed by atoms with van der Waals surface area (Å²) < 4.78 is 11.5. The van der Waals surface area contributed by atoms with E-state index in [0.29, 0.717) is 6.54 Å². The van der Waals surface area contributed by atoms with E-state index in [1.807, 2.05) is 42.5 Å². The molecule has 0 aliphatic rings. The van der Waals surface area contributed by atoms with Crippen molar-refractivity contribution in [2.75, 3.05) is 19.5 Å². The Morgan fingerprint density at radius 2 is 1.56 bits per heavy atom. The van der Waals surface area contributed by atoms with Crippen LogP contribution >= 0.6 is 15.9 Å². The van der Waals surface area contributed by atoms with Crippen molar-refractivity contribution < 1.29 is 9.47 Å². The highest BCUT2D eigenvalue weighted by Gasteiger charge is 2.00. The molecule has 0 radical (unpaired) electrons. The van der Waals surface area contributed by atoms with Gasteiger partial charge in [0.25, 0.3) is 0 Å². The number of hydrogen-bond donors (Lipinski definition) is 1. The van der Waals surface area contributed by atoms with Crippen molar-refractivity contribution in [1.29, 1.82) is 0 Å². The third kappa shape index (κ3) is 5.59. The topological polar surface area (TPSA) is 43.4 Å². The van der Waals surface area contributed by atoms with Crippen LogP contribution in [0.5, 0.6) is 11.5 Å². The van der Waals surface area contributed by atoms with Gasteiger partial charge in [-0.1, -0.05) is 30.4 Å². The van der Waals surface area contributed by atoms with Crippen molar-refractivity contribution in [2.45, 2.75) is 6.54 Å². The van der Waals surface area contributed by atoms with Gasteiger partial charge in [0.2, 0.25) is 0 Å². The standard InChI is InChI=1S/C22H21BrN2O2/c1-26-20-12-17(13-21(14-20)27-2)7-6-16-8-10-18(11-9-16)24-15-19-4-3-5-22(23)25-19/h3-14,24H,15H2,1-2H3/b7-6+. The highest BCUT2D eigenvalue weighted by molar-refractivity contribution is 9.10. The summed E-state index contributed by atoms with van der Waals surface area (Å²) in [7, 11) is 3.30. The molecule has 3 rings (SSSR count). The molecule has 0 atom stereocenters. The lowest BCUT2D eigenvalue weighted by molar-refractivity contribution is 0.394. The van der Waals surface area contributed by atoms with Crippen LogP contribution in [0.25, 0.3) is 12.2 Å². The van der Waals surface area contributed by atoms with Crippen molar-refractivity contribution >= 4 is 33.8 Å². The fraction of sp³-hybridized carbons (Fsp3) is 0.136. The van der Waals surface area contributed by atoms with Gasteiger partial charge in [0.15, 0.2) is 0 Å². The van der Waals surface area contributed by atoms with Gasteiger partial charge in [0, 0.05) is 11.8 Å². The molecule has 27 heavy (non-hydrogen) atoms. The van der Waals surface area contributed by atoms with E-state index in [1.165, 1.54) is 0 Å². The van der Waals surface area contributed by atoms with Crippen LogP contribution in [0.15, 0.2) is 65.3 Å². The first-order chi connectivity index (χ1) is 13.2. The lowest BCUT2D eigenvalue weighted by atomic mass is 10.1. The smallest absolute Gasteiger partial charge is 0.123 e. The van der Waals surface area contributed by atoms with Crippen LogP contribution < -0.4 is 14.8 Å². The van der Waals surface area contributed by atoms with Gasteiger partial charge < -0.3 is 14.8 Å². The minimum absolute atomic E-state index is 0.679. The highest BCUT2D eigenvalue weighted by atomic mass is 79.9. The predicted molar refractivity (Wildman–Crippen MR) is 114 cm³/mol. The molecule has 4 nitrogen and oxygen atoms in total. The van der Waals surface area contributed by atoms with Crippen molar-refractivity contribution in [3.05, 3.63) is 82.1 Å². The van der Waals surface area contributed by atoms with Gasteiger partial charge in [-0.3, -0.25) is 0 Å². The maximum Gasteiger partial charge on any atom is 0.123 e. The van der Waals surface area contributed by atoms with E-state index in [0.717, 1.165) is 38.6 Å². The van der Waals surface area contributed by atoms with Gasteiger partial charge in [-0.15, -0.1) is 0 Å². The van der Waals surface area contributed by atoms with Crippen molar-refractivity contribution in [3.8, 4) is 11.5 Å². The third-order valence-corrected chi connectivity index (χ3v) is 4.44. The number of methoxy groups -OCH3 is 2. The molecule has 0 saturated carbocycles. The minimum Gasteiger partial charge on any atom is -0.497 e. The van der Waals surface area contributed by atoms with Crippen LogP contribution in [0, 0.1) is 0 Å². The number of rotatable bonds is 7. The Morgan fingerprint density at radius 3 is 2.19 bits per heavy atom. The van der Waals surface area contributed by atoms with E-state index in [2.05, 4.69) is 56.6 Å². The quantitative estimate of drug-likeness (QED) is 0.393. The monoisotopic (exact) mass is 424 g/mol. The number of nitrogens with zero attached hydrogens (tertiary/aromatic N) is 1. The lowest BCUT2D eigenvalue weighted by Gasteiger charge is -2.07. The summed E-state index contributed by atoms with van der Waals surface area (Å²) >= 11 is 3.39. The zero-order valence-electron chi connectivity index (χ0n) is 15.3. The third-order valence-electron chi connectivity index (χ3n) is 4.00. The van der Waals surface area contributed by atoms with E-state index in [-0.39, 0.29) is 0 Å². The van der Waals surface area contributed by atoms with Crippen molar-refractivity contribution in [2.24, 2.45) is 0 Å². The van der Waals surface area contributed by atoms with E-state index in [1.54, 1.807) is 14.2 Å². The first-order valence-electron chi connectivity index (χ1n) is 8.53. The number of hydrogen-bond acceptors (Lipinski definition) is 4. The molecule has 0 aliphatic carbocycles. The van der Waals surface area contributed by atoms with E-state index in [9.17, 15) is 0 Å². The number of halogens is 1. The zero-order chi connectivity index (χ0) is 19.1. The molecule has 5 heteroatoms. The van der Waals surface area contributed by atoms with Crippen LogP contribution in [-0.2, 0) is 6.54 Å². The molecule has 0 unspecified atom stereocenters. The number of ether oxygens (including phenoxy) is 2. The first kappa shape index (κ1) is 19.0. The Balaban J connectivity index is 1.64. The molecule has 0 spiro atoms. The highest BCUT2D eigenvalue weighted by Crippen LogP contribution is 2.24. The molecule has 1 N–H and O–H groups in total. The molecule has 0 bridgehead atoms. The maximum atomic E-state index is 5.31. The van der Waals surface area contributed by atoms with Gasteiger partial charge in [-0.05, 0) is 63.5 Å². The largest absolute Gasteiger partial charge is 0.497 e. The lowest BCUT2D eigenvalue weighted by Crippen LogP contribution is -2.01. The fourth-order valence-corrected chi connectivity index (χ4v) is 2.95. The molecular weight excluding hydrogens is 404 g/mol. The van der Waals surface area contributed by atoms with Gasteiger partial charge in [-0.25, -0.2) is 4.98 Å². The Hall–Kier alpha value is -2.79. The minimum atomic E-state index is 0.679. The number of anilines is 1. The van der Waals surface area contributed by atoms with Gasteiger partial charge in [0.05, 0.1) is 26.5 Å². The Labute approximate surface area is 168 Å². The number of nitrogens with one attached hydrogen (secondary N) is 1. The van der Waals surface area contributed by atoms with Gasteiger partial charge >= 0.3 is 0 Å². The summed E-state index contributed by atoms with van der Waals surface area (Å²) in [6.07, 6.45) is 4.10. The second kappa shape index (κ2) is 9.24. The molecule has 0 saturated heterocycles. The Bertz CT molecular complexity index is 902. The molecule has 1 aromatic heterocycles. The van der Waals surface area contributed by atoms with Gasteiger partial charge in [-0.2, -0.15) is 0 Å². The van der Waals surface area contributed by atoms with Crippen LogP contribution in [0.3, 0.4) is 0 Å². The average Bonchev–Trinajstić information content (AvgIpc) is 2.71. The molecule has 1 heterocycles. The summed E-state index contributed by atoms with van der Waals surface area (Å²) in [6, 6.07) is 20.0. The van der Waals surface area contributed by atoms with Crippen LogP contribution in [0.2, 0.25) is 0 Å². The molecule has 2 aromatic carbocycles. The molecule has 0 aliphatic heterocycles. The molecule has 138 valence electrons. The Morgan fingerprint density at radius 1 is 0.889 bits per heavy atom. The molecule has 0 fully saturated rings. The molecule has 3 aromatic rings. The summed E-state index contributed by atoms with van der Waals surface area (Å²) in [4.78, 5) is 4.42. The van der Waals surface area contributed by atoms with E-state index < -0.39 is 0 Å². The van der Waals surface area contributed by atoms with E-state index in [4.69, 9.17) is 9.47 Å². The average molecular weight is 425 g/mol. The van der Waals surface area contributed by atoms with Crippen LogP contribution in [-0.4, -0.2) is 19.2 Å². The second-order valence-corrected chi connectivity index (χ2v) is 6.72. The van der Waals surface area contributed by atoms with Crippen molar-refractivity contribution in [1.82, 2.24) is 4.98 Å². The van der Waals surface area contributed by atoms with E-state index >= 15 is 0 Å². The zero-order valence-corrected chi connectivity index (χ0v) is 16.9. The number of benzene rings is 2. The second-order valence-electron chi connectivity index (χ2n) is 5.91. The summed E-state index contributed by atoms with van der Waals surface area (Å²) in [5.41, 5.74) is 4.18. The summed E-state index contributed by atoms with van der Waals surface area (Å²) in [5.74, 6) is 1.55. The predicted octanol–water partition coefficient (Wildman–Crippen LogP) is 5.64. The summed E-state index contributed by atoms with van der Waals surface area (Å²) in [6.45, 7) is 0.679. The fourth-order valence-electron chi connectivity index (χ4n) is 2.57. The maximum absolute atomic E-state index is 5.31. The first-order valence-corrected chi connectivity index (χ1v) is 9.32. The summed E-state index contributed by atoms with van der Waals surface area (Å²) in [5, 5.41) is 3.38. The molecule has 0 amide bonds. The Kier molecular flexibility index (Phi) is 6.49. The number of pyridine rings is 1.